The molecule has 16 heavy (non-hydrogen) atoms. The molecule has 0 bridgehead atoms. The number of nitrogens with one attached hydrogen (secondary N) is 1. The van der Waals surface area contributed by atoms with Crippen LogP contribution in [0.15, 0.2) is 0 Å². The molecule has 1 unspecified atom stereocenters. The van der Waals surface area contributed by atoms with Crippen molar-refractivity contribution < 1.29 is 4.79 Å². The topological polar surface area (TPSA) is 38.8 Å². The van der Waals surface area contributed by atoms with E-state index in [2.05, 4.69) is 24.3 Å². The molecule has 0 radical (unpaired) electrons. The maximum absolute atomic E-state index is 12.2. The molecule has 0 saturated carbocycles. The van der Waals surface area contributed by atoms with Gasteiger partial charge in [0.05, 0.1) is 0 Å². The van der Waals surface area contributed by atoms with Gasteiger partial charge in [-0.25, -0.2) is 4.79 Å². The minimum atomic E-state index is 0.228. The van der Waals surface area contributed by atoms with Crippen LogP contribution in [-0.4, -0.2) is 80.1 Å². The first-order valence-electron chi connectivity index (χ1n) is 6.09. The van der Waals surface area contributed by atoms with Crippen LogP contribution >= 0.6 is 0 Å². The number of rotatable bonds is 1. The maximum Gasteiger partial charge on any atom is 0.320 e. The van der Waals surface area contributed by atoms with Crippen LogP contribution < -0.4 is 5.32 Å². The normalized spacial score (nSPS) is 26.6. The summed E-state index contributed by atoms with van der Waals surface area (Å²) in [5, 5.41) is 3.27. The van der Waals surface area contributed by atoms with Crippen molar-refractivity contribution in [2.75, 3.05) is 53.4 Å². The molecule has 92 valence electrons. The van der Waals surface area contributed by atoms with Gasteiger partial charge in [0.1, 0.15) is 0 Å². The molecule has 2 aliphatic heterocycles. The zero-order valence-corrected chi connectivity index (χ0v) is 10.3. The lowest BCUT2D eigenvalue weighted by atomic mass is 10.2. The third kappa shape index (κ3) is 2.47. The Labute approximate surface area is 97.4 Å². The second kappa shape index (κ2) is 5.01. The van der Waals surface area contributed by atoms with Crippen LogP contribution in [0.4, 0.5) is 4.79 Å². The fourth-order valence-corrected chi connectivity index (χ4v) is 2.39. The molecule has 2 fully saturated rings. The first-order chi connectivity index (χ1) is 7.68. The van der Waals surface area contributed by atoms with E-state index in [1.807, 2.05) is 9.80 Å². The van der Waals surface area contributed by atoms with Gasteiger partial charge in [-0.3, -0.25) is 0 Å². The molecule has 2 aliphatic rings. The van der Waals surface area contributed by atoms with Crippen molar-refractivity contribution in [2.24, 2.45) is 0 Å². The van der Waals surface area contributed by atoms with Crippen LogP contribution in [0.5, 0.6) is 0 Å². The molecule has 0 aromatic heterocycles. The van der Waals surface area contributed by atoms with Gasteiger partial charge in [0.25, 0.3) is 0 Å². The second-order valence-electron chi connectivity index (χ2n) is 4.87. The molecular formula is C11H22N4O. The van der Waals surface area contributed by atoms with Gasteiger partial charge in [-0.15, -0.1) is 0 Å². The molecule has 1 atom stereocenters. The first kappa shape index (κ1) is 11.7. The van der Waals surface area contributed by atoms with Gasteiger partial charge in [0.2, 0.25) is 0 Å². The Morgan fingerprint density at radius 1 is 1.19 bits per heavy atom. The second-order valence-corrected chi connectivity index (χ2v) is 4.87. The van der Waals surface area contributed by atoms with Crippen molar-refractivity contribution in [3.63, 3.8) is 0 Å². The molecule has 2 saturated heterocycles. The molecular weight excluding hydrogens is 204 g/mol. The quantitative estimate of drug-likeness (QED) is 0.664. The molecule has 5 heteroatoms. The number of carbonyl (C=O) groups excluding carboxylic acids is 1. The standard InChI is InChI=1S/C11H22N4O/c1-13(2)10-3-6-15(9-10)11(16)14-7-4-12-5-8-14/h10,12H,3-9H2,1-2H3. The lowest BCUT2D eigenvalue weighted by Crippen LogP contribution is -2.51. The van der Waals surface area contributed by atoms with Crippen molar-refractivity contribution in [1.29, 1.82) is 0 Å². The third-order valence-electron chi connectivity index (χ3n) is 3.55. The van der Waals surface area contributed by atoms with E-state index in [0.717, 1.165) is 45.7 Å². The molecule has 2 rings (SSSR count). The number of nitrogens with zero attached hydrogens (tertiary/aromatic N) is 3. The average Bonchev–Trinajstić information content (AvgIpc) is 2.78. The number of likely N-dealkylation sites (tertiary alicyclic amines) is 1. The van der Waals surface area contributed by atoms with Gasteiger partial charge in [-0.2, -0.15) is 0 Å². The minimum Gasteiger partial charge on any atom is -0.323 e. The SMILES string of the molecule is CN(C)C1CCN(C(=O)N2CCNCC2)C1. The highest BCUT2D eigenvalue weighted by molar-refractivity contribution is 5.75. The van der Waals surface area contributed by atoms with E-state index in [1.165, 1.54) is 0 Å². The summed E-state index contributed by atoms with van der Waals surface area (Å²) in [4.78, 5) is 18.4. The van der Waals surface area contributed by atoms with E-state index < -0.39 is 0 Å². The summed E-state index contributed by atoms with van der Waals surface area (Å²) in [6, 6.07) is 0.762. The number of piperazine rings is 1. The van der Waals surface area contributed by atoms with E-state index in [1.54, 1.807) is 0 Å². The fourth-order valence-electron chi connectivity index (χ4n) is 2.39. The Bertz CT molecular complexity index is 250. The number of carbonyl (C=O) groups is 1. The average molecular weight is 226 g/mol. The summed E-state index contributed by atoms with van der Waals surface area (Å²) in [7, 11) is 4.17. The molecule has 1 N–H and O–H groups in total. The summed E-state index contributed by atoms with van der Waals surface area (Å²) in [5.74, 6) is 0. The van der Waals surface area contributed by atoms with Gasteiger partial charge < -0.3 is 20.0 Å². The number of urea groups is 1. The number of hydrogen-bond donors (Lipinski definition) is 1. The Kier molecular flexibility index (Phi) is 3.66. The Hall–Kier alpha value is -0.810. The fraction of sp³-hybridized carbons (Fsp3) is 0.909. The van der Waals surface area contributed by atoms with E-state index >= 15 is 0 Å². The minimum absolute atomic E-state index is 0.228. The molecule has 2 amide bonds. The zero-order chi connectivity index (χ0) is 11.5. The smallest absolute Gasteiger partial charge is 0.320 e. The van der Waals surface area contributed by atoms with Gasteiger partial charge in [0.15, 0.2) is 0 Å². The monoisotopic (exact) mass is 226 g/mol. The van der Waals surface area contributed by atoms with Crippen molar-refractivity contribution in [3.05, 3.63) is 0 Å². The van der Waals surface area contributed by atoms with E-state index in [4.69, 9.17) is 0 Å². The predicted molar refractivity (Wildman–Crippen MR) is 63.5 cm³/mol. The first-order valence-corrected chi connectivity index (χ1v) is 6.09. The molecule has 5 nitrogen and oxygen atoms in total. The summed E-state index contributed by atoms with van der Waals surface area (Å²) >= 11 is 0. The van der Waals surface area contributed by atoms with Crippen LogP contribution in [0.2, 0.25) is 0 Å². The lowest BCUT2D eigenvalue weighted by Gasteiger charge is -2.31. The molecule has 0 aliphatic carbocycles. The summed E-state index contributed by atoms with van der Waals surface area (Å²) in [6.45, 7) is 5.35. The van der Waals surface area contributed by atoms with Gasteiger partial charge in [-0.1, -0.05) is 0 Å². The Morgan fingerprint density at radius 2 is 1.88 bits per heavy atom. The highest BCUT2D eigenvalue weighted by atomic mass is 16.2. The molecule has 0 aromatic rings. The van der Waals surface area contributed by atoms with Gasteiger partial charge >= 0.3 is 6.03 Å². The van der Waals surface area contributed by atoms with Crippen molar-refractivity contribution in [1.82, 2.24) is 20.0 Å². The van der Waals surface area contributed by atoms with Crippen molar-refractivity contribution in [2.45, 2.75) is 12.5 Å². The maximum atomic E-state index is 12.2. The zero-order valence-electron chi connectivity index (χ0n) is 10.3. The van der Waals surface area contributed by atoms with Crippen LogP contribution in [0.3, 0.4) is 0 Å². The van der Waals surface area contributed by atoms with E-state index in [0.29, 0.717) is 6.04 Å². The van der Waals surface area contributed by atoms with Crippen LogP contribution in [0, 0.1) is 0 Å². The highest BCUT2D eigenvalue weighted by Crippen LogP contribution is 2.15. The summed E-state index contributed by atoms with van der Waals surface area (Å²) < 4.78 is 0. The van der Waals surface area contributed by atoms with Crippen LogP contribution in [0.1, 0.15) is 6.42 Å². The van der Waals surface area contributed by atoms with Crippen LogP contribution in [-0.2, 0) is 0 Å². The summed E-state index contributed by atoms with van der Waals surface area (Å²) in [5.41, 5.74) is 0. The van der Waals surface area contributed by atoms with Crippen molar-refractivity contribution in [3.8, 4) is 0 Å². The number of amides is 2. The number of hydrogen-bond acceptors (Lipinski definition) is 3. The summed E-state index contributed by atoms with van der Waals surface area (Å²) in [6.07, 6.45) is 1.10. The van der Waals surface area contributed by atoms with Crippen molar-refractivity contribution >= 4 is 6.03 Å². The Balaban J connectivity index is 1.86. The molecule has 0 spiro atoms. The molecule has 0 aromatic carbocycles. The predicted octanol–water partition coefficient (Wildman–Crippen LogP) is -0.352. The Morgan fingerprint density at radius 3 is 2.44 bits per heavy atom. The largest absolute Gasteiger partial charge is 0.323 e. The van der Waals surface area contributed by atoms with E-state index in [9.17, 15) is 4.79 Å². The number of likely N-dealkylation sites (N-methyl/N-ethyl adjacent to an activating group) is 1. The van der Waals surface area contributed by atoms with Gasteiger partial charge in [-0.05, 0) is 20.5 Å². The molecule has 2 heterocycles. The highest BCUT2D eigenvalue weighted by Gasteiger charge is 2.30. The third-order valence-corrected chi connectivity index (χ3v) is 3.55. The lowest BCUT2D eigenvalue weighted by molar-refractivity contribution is 0.152. The van der Waals surface area contributed by atoms with Gasteiger partial charge in [0, 0.05) is 45.3 Å². The van der Waals surface area contributed by atoms with E-state index in [-0.39, 0.29) is 6.03 Å². The van der Waals surface area contributed by atoms with Crippen LogP contribution in [0.25, 0.3) is 0 Å².